The summed E-state index contributed by atoms with van der Waals surface area (Å²) in [4.78, 5) is 11.7. The largest absolute Gasteiger partial charge is 0.459 e. The van der Waals surface area contributed by atoms with Crippen molar-refractivity contribution in [2.75, 3.05) is 0 Å². The lowest BCUT2D eigenvalue weighted by Gasteiger charge is -2.13. The number of rotatable bonds is 3. The third kappa shape index (κ3) is 2.72. The maximum Gasteiger partial charge on any atom is 0.287 e. The van der Waals surface area contributed by atoms with Gasteiger partial charge in [0.2, 0.25) is 0 Å². The maximum atomic E-state index is 13.0. The second-order valence-electron chi connectivity index (χ2n) is 3.73. The van der Waals surface area contributed by atoms with Gasteiger partial charge >= 0.3 is 0 Å². The van der Waals surface area contributed by atoms with Gasteiger partial charge in [0.05, 0.1) is 12.3 Å². The van der Waals surface area contributed by atoms with Gasteiger partial charge in [0, 0.05) is 0 Å². The van der Waals surface area contributed by atoms with E-state index in [1.807, 2.05) is 0 Å². The van der Waals surface area contributed by atoms with Crippen LogP contribution in [-0.4, -0.2) is 5.91 Å². The third-order valence-electron chi connectivity index (χ3n) is 2.44. The van der Waals surface area contributed by atoms with Crippen molar-refractivity contribution in [1.29, 1.82) is 0 Å². The van der Waals surface area contributed by atoms with Crippen LogP contribution in [0.25, 0.3) is 0 Å². The van der Waals surface area contributed by atoms with Crippen molar-refractivity contribution in [3.8, 4) is 0 Å². The van der Waals surface area contributed by atoms with Crippen LogP contribution in [0.15, 0.2) is 47.1 Å². The monoisotopic (exact) mass is 233 g/mol. The average molecular weight is 233 g/mol. The molecular weight excluding hydrogens is 221 g/mol. The summed E-state index contributed by atoms with van der Waals surface area (Å²) in [5.41, 5.74) is 0.713. The Kier molecular flexibility index (Phi) is 3.23. The lowest BCUT2D eigenvalue weighted by Crippen LogP contribution is -2.26. The number of carbonyl (C=O) groups is 1. The molecule has 2 rings (SSSR count). The first-order valence-corrected chi connectivity index (χ1v) is 5.26. The van der Waals surface area contributed by atoms with Crippen LogP contribution in [0.4, 0.5) is 4.39 Å². The highest BCUT2D eigenvalue weighted by Gasteiger charge is 2.13. The minimum Gasteiger partial charge on any atom is -0.459 e. The van der Waals surface area contributed by atoms with Crippen LogP contribution in [-0.2, 0) is 0 Å². The van der Waals surface area contributed by atoms with Gasteiger partial charge in [-0.25, -0.2) is 4.39 Å². The fourth-order valence-electron chi connectivity index (χ4n) is 1.53. The van der Waals surface area contributed by atoms with Crippen molar-refractivity contribution in [2.45, 2.75) is 13.0 Å². The fraction of sp³-hybridized carbons (Fsp3) is 0.154. The second kappa shape index (κ2) is 4.82. The molecule has 1 amide bonds. The van der Waals surface area contributed by atoms with E-state index in [-0.39, 0.29) is 23.5 Å². The Morgan fingerprint density at radius 3 is 2.82 bits per heavy atom. The summed E-state index contributed by atoms with van der Waals surface area (Å²) in [5, 5.41) is 2.73. The first-order valence-electron chi connectivity index (χ1n) is 5.26. The number of hydrogen-bond acceptors (Lipinski definition) is 2. The van der Waals surface area contributed by atoms with Gasteiger partial charge in [0.25, 0.3) is 5.91 Å². The Bertz CT molecular complexity index is 508. The molecule has 0 saturated heterocycles. The fourth-order valence-corrected chi connectivity index (χ4v) is 1.53. The van der Waals surface area contributed by atoms with E-state index in [9.17, 15) is 9.18 Å². The Hall–Kier alpha value is -2.10. The van der Waals surface area contributed by atoms with E-state index in [1.165, 1.54) is 18.4 Å². The molecule has 1 atom stereocenters. The predicted molar refractivity (Wildman–Crippen MR) is 61.0 cm³/mol. The average Bonchev–Trinajstić information content (AvgIpc) is 2.82. The topological polar surface area (TPSA) is 42.2 Å². The molecule has 0 spiro atoms. The van der Waals surface area contributed by atoms with Crippen LogP contribution in [0, 0.1) is 5.82 Å². The molecular formula is C13H12FNO2. The van der Waals surface area contributed by atoms with Crippen LogP contribution in [0.2, 0.25) is 0 Å². The number of furan rings is 1. The van der Waals surface area contributed by atoms with Crippen molar-refractivity contribution in [2.24, 2.45) is 0 Å². The summed E-state index contributed by atoms with van der Waals surface area (Å²) in [7, 11) is 0. The lowest BCUT2D eigenvalue weighted by molar-refractivity contribution is 0.0912. The van der Waals surface area contributed by atoms with Gasteiger partial charge in [-0.2, -0.15) is 0 Å². The molecule has 1 aromatic heterocycles. The number of hydrogen-bond donors (Lipinski definition) is 1. The van der Waals surface area contributed by atoms with E-state index in [0.717, 1.165) is 0 Å². The van der Waals surface area contributed by atoms with Crippen molar-refractivity contribution < 1.29 is 13.6 Å². The lowest BCUT2D eigenvalue weighted by atomic mass is 10.1. The zero-order valence-corrected chi connectivity index (χ0v) is 9.31. The zero-order valence-electron chi connectivity index (χ0n) is 9.31. The van der Waals surface area contributed by atoms with Gasteiger partial charge in [-0.15, -0.1) is 0 Å². The molecule has 3 nitrogen and oxygen atoms in total. The minimum absolute atomic E-state index is 0.244. The van der Waals surface area contributed by atoms with E-state index in [2.05, 4.69) is 5.32 Å². The number of benzene rings is 1. The molecule has 0 radical (unpaired) electrons. The highest BCUT2D eigenvalue weighted by molar-refractivity contribution is 5.91. The van der Waals surface area contributed by atoms with Gasteiger partial charge in [0.15, 0.2) is 5.76 Å². The maximum absolute atomic E-state index is 13.0. The first kappa shape index (κ1) is 11.4. The molecule has 0 fully saturated rings. The highest BCUT2D eigenvalue weighted by atomic mass is 19.1. The molecule has 2 aromatic rings. The number of carbonyl (C=O) groups excluding carboxylic acids is 1. The summed E-state index contributed by atoms with van der Waals surface area (Å²) in [6.45, 7) is 1.79. The molecule has 1 aromatic carbocycles. The van der Waals surface area contributed by atoms with E-state index >= 15 is 0 Å². The van der Waals surface area contributed by atoms with Gasteiger partial charge in [-0.05, 0) is 36.8 Å². The molecule has 0 aliphatic carbocycles. The molecule has 0 bridgehead atoms. The van der Waals surface area contributed by atoms with Gasteiger partial charge < -0.3 is 9.73 Å². The molecule has 4 heteroatoms. The first-order chi connectivity index (χ1) is 8.16. The smallest absolute Gasteiger partial charge is 0.287 e. The molecule has 1 heterocycles. The SMILES string of the molecule is C[C@H](NC(=O)c1ccco1)c1cccc(F)c1. The van der Waals surface area contributed by atoms with E-state index in [0.29, 0.717) is 5.56 Å². The normalized spacial score (nSPS) is 12.1. The third-order valence-corrected chi connectivity index (χ3v) is 2.44. The van der Waals surface area contributed by atoms with Crippen LogP contribution in [0.3, 0.4) is 0 Å². The Morgan fingerprint density at radius 2 is 2.18 bits per heavy atom. The standard InChI is InChI=1S/C13H12FNO2/c1-9(10-4-2-5-11(14)8-10)15-13(16)12-6-3-7-17-12/h2-9H,1H3,(H,15,16)/t9-/m0/s1. The Balaban J connectivity index is 2.07. The van der Waals surface area contributed by atoms with Gasteiger partial charge in [-0.1, -0.05) is 12.1 Å². The summed E-state index contributed by atoms with van der Waals surface area (Å²) in [5.74, 6) is -0.387. The molecule has 0 saturated carbocycles. The second-order valence-corrected chi connectivity index (χ2v) is 3.73. The number of amides is 1. The summed E-state index contributed by atoms with van der Waals surface area (Å²) in [6, 6.07) is 9.08. The molecule has 17 heavy (non-hydrogen) atoms. The summed E-state index contributed by atoms with van der Waals surface area (Å²) in [6.07, 6.45) is 1.43. The molecule has 0 unspecified atom stereocenters. The highest BCUT2D eigenvalue weighted by Crippen LogP contribution is 2.14. The van der Waals surface area contributed by atoms with Gasteiger partial charge in [0.1, 0.15) is 5.82 Å². The quantitative estimate of drug-likeness (QED) is 0.885. The van der Waals surface area contributed by atoms with Crippen LogP contribution in [0.1, 0.15) is 29.1 Å². The van der Waals surface area contributed by atoms with E-state index < -0.39 is 0 Å². The van der Waals surface area contributed by atoms with Gasteiger partial charge in [-0.3, -0.25) is 4.79 Å². The Morgan fingerprint density at radius 1 is 1.35 bits per heavy atom. The summed E-state index contributed by atoms with van der Waals surface area (Å²) >= 11 is 0. The Labute approximate surface area is 98.3 Å². The molecule has 88 valence electrons. The van der Waals surface area contributed by atoms with Crippen molar-refractivity contribution in [3.63, 3.8) is 0 Å². The molecule has 0 aliphatic rings. The molecule has 1 N–H and O–H groups in total. The number of nitrogens with one attached hydrogen (secondary N) is 1. The summed E-state index contributed by atoms with van der Waals surface area (Å²) < 4.78 is 18.0. The predicted octanol–water partition coefficient (Wildman–Crippen LogP) is 2.91. The van der Waals surface area contributed by atoms with Crippen molar-refractivity contribution in [3.05, 3.63) is 59.8 Å². The van der Waals surface area contributed by atoms with E-state index in [4.69, 9.17) is 4.42 Å². The van der Waals surface area contributed by atoms with Crippen molar-refractivity contribution >= 4 is 5.91 Å². The van der Waals surface area contributed by atoms with E-state index in [1.54, 1.807) is 31.2 Å². The van der Waals surface area contributed by atoms with Crippen LogP contribution >= 0.6 is 0 Å². The van der Waals surface area contributed by atoms with Crippen LogP contribution in [0.5, 0.6) is 0 Å². The zero-order chi connectivity index (χ0) is 12.3. The molecule has 0 aliphatic heterocycles. The number of halogens is 1. The van der Waals surface area contributed by atoms with Crippen molar-refractivity contribution in [1.82, 2.24) is 5.32 Å². The minimum atomic E-state index is -0.318. The van der Waals surface area contributed by atoms with Crippen LogP contribution < -0.4 is 5.32 Å².